The summed E-state index contributed by atoms with van der Waals surface area (Å²) in [5.41, 5.74) is 4.58. The highest BCUT2D eigenvalue weighted by Crippen LogP contribution is 2.39. The van der Waals surface area contributed by atoms with Crippen molar-refractivity contribution in [1.82, 2.24) is 5.43 Å². The summed E-state index contributed by atoms with van der Waals surface area (Å²) in [4.78, 5) is 3.06. The van der Waals surface area contributed by atoms with Gasteiger partial charge in [-0.15, -0.1) is 11.3 Å². The Bertz CT molecular complexity index is 361. The summed E-state index contributed by atoms with van der Waals surface area (Å²) in [6.07, 6.45) is 6.67. The van der Waals surface area contributed by atoms with Gasteiger partial charge in [0.2, 0.25) is 0 Å². The fourth-order valence-electron chi connectivity index (χ4n) is 2.46. The zero-order valence-electron chi connectivity index (χ0n) is 10.1. The van der Waals surface area contributed by atoms with Gasteiger partial charge in [-0.25, -0.2) is 0 Å². The monoisotopic (exact) mass is 268 g/mol. The van der Waals surface area contributed by atoms with Crippen molar-refractivity contribution in [2.24, 2.45) is 11.8 Å². The molecule has 1 fully saturated rings. The number of fused-ring (bicyclic) bond motifs is 1. The van der Waals surface area contributed by atoms with Gasteiger partial charge in [0.05, 0.1) is 6.04 Å². The Hall–Kier alpha value is -0.0300. The lowest BCUT2D eigenvalue weighted by Gasteiger charge is -2.13. The van der Waals surface area contributed by atoms with E-state index in [0.29, 0.717) is 6.04 Å². The van der Waals surface area contributed by atoms with E-state index < -0.39 is 0 Å². The molecule has 0 amide bonds. The first kappa shape index (κ1) is 12.0. The lowest BCUT2D eigenvalue weighted by atomic mass is 10.1. The summed E-state index contributed by atoms with van der Waals surface area (Å²) in [5.74, 6) is 9.20. The summed E-state index contributed by atoms with van der Waals surface area (Å²) in [5, 5.41) is 0. The Morgan fingerprint density at radius 1 is 1.47 bits per heavy atom. The van der Waals surface area contributed by atoms with E-state index in [4.69, 9.17) is 5.84 Å². The van der Waals surface area contributed by atoms with Gasteiger partial charge in [-0.05, 0) is 42.6 Å². The third-order valence-corrected chi connectivity index (χ3v) is 6.11. The van der Waals surface area contributed by atoms with E-state index in [1.54, 1.807) is 10.4 Å². The topological polar surface area (TPSA) is 38.0 Å². The number of rotatable bonds is 5. The molecule has 3 N–H and O–H groups in total. The average molecular weight is 268 g/mol. The molecule has 1 unspecified atom stereocenters. The molecule has 1 saturated carbocycles. The molecule has 94 valence electrons. The maximum atomic E-state index is 5.72. The number of thioether (sulfide) groups is 1. The average Bonchev–Trinajstić information content (AvgIpc) is 3.08. The van der Waals surface area contributed by atoms with Crippen molar-refractivity contribution in [3.63, 3.8) is 0 Å². The minimum Gasteiger partial charge on any atom is -0.271 e. The van der Waals surface area contributed by atoms with Crippen LogP contribution in [0.5, 0.6) is 0 Å². The van der Waals surface area contributed by atoms with E-state index >= 15 is 0 Å². The molecule has 2 heterocycles. The number of hydrogen-bond donors (Lipinski definition) is 2. The van der Waals surface area contributed by atoms with Gasteiger partial charge in [0.25, 0.3) is 0 Å². The predicted molar refractivity (Wildman–Crippen MR) is 76.2 cm³/mol. The highest BCUT2D eigenvalue weighted by atomic mass is 32.2. The van der Waals surface area contributed by atoms with Crippen molar-refractivity contribution in [3.05, 3.63) is 21.4 Å². The summed E-state index contributed by atoms with van der Waals surface area (Å²) in [7, 11) is 0. The van der Waals surface area contributed by atoms with Crippen LogP contribution in [-0.4, -0.2) is 5.75 Å². The number of nitrogens with two attached hydrogens (primary N) is 1. The van der Waals surface area contributed by atoms with Crippen LogP contribution in [0.1, 0.15) is 47.0 Å². The highest BCUT2D eigenvalue weighted by Gasteiger charge is 2.24. The quantitative estimate of drug-likeness (QED) is 0.636. The van der Waals surface area contributed by atoms with Crippen LogP contribution < -0.4 is 11.3 Å². The van der Waals surface area contributed by atoms with Crippen LogP contribution in [0, 0.1) is 5.92 Å². The molecule has 1 aliphatic carbocycles. The predicted octanol–water partition coefficient (Wildman–Crippen LogP) is 3.23. The Morgan fingerprint density at radius 3 is 3.06 bits per heavy atom. The van der Waals surface area contributed by atoms with E-state index in [1.807, 2.05) is 11.3 Å². The van der Waals surface area contributed by atoms with Crippen LogP contribution in [0.25, 0.3) is 0 Å². The third-order valence-electron chi connectivity index (χ3n) is 3.75. The number of nitrogens with one attached hydrogen (secondary N) is 1. The second-order valence-electron chi connectivity index (χ2n) is 5.14. The van der Waals surface area contributed by atoms with Gasteiger partial charge in [0.15, 0.2) is 0 Å². The van der Waals surface area contributed by atoms with Crippen molar-refractivity contribution >= 4 is 23.1 Å². The first-order valence-corrected chi connectivity index (χ1v) is 8.49. The third kappa shape index (κ3) is 2.87. The first-order valence-electron chi connectivity index (χ1n) is 6.52. The van der Waals surface area contributed by atoms with Crippen molar-refractivity contribution in [2.75, 3.05) is 5.75 Å². The molecule has 1 aromatic rings. The molecule has 0 spiro atoms. The van der Waals surface area contributed by atoms with Gasteiger partial charge in [0, 0.05) is 15.5 Å². The molecule has 1 atom stereocenters. The van der Waals surface area contributed by atoms with Gasteiger partial charge in [-0.2, -0.15) is 11.8 Å². The standard InChI is InChI=1S/C13H20N2S2/c14-15-11(4-3-9-1-2-9)13-7-10-8-16-6-5-12(10)17-13/h7,9,11,15H,1-6,8,14H2. The summed E-state index contributed by atoms with van der Waals surface area (Å²) < 4.78 is 0. The number of aryl methyl sites for hydroxylation is 1. The molecule has 0 aromatic carbocycles. The van der Waals surface area contributed by atoms with Crippen LogP contribution in [0.15, 0.2) is 6.07 Å². The lowest BCUT2D eigenvalue weighted by Crippen LogP contribution is -2.27. The van der Waals surface area contributed by atoms with E-state index in [-0.39, 0.29) is 0 Å². The smallest absolute Gasteiger partial charge is 0.0553 e. The van der Waals surface area contributed by atoms with Gasteiger partial charge in [-0.1, -0.05) is 12.8 Å². The molecule has 1 aliphatic heterocycles. The molecule has 0 radical (unpaired) electrons. The van der Waals surface area contributed by atoms with Crippen molar-refractivity contribution in [2.45, 2.75) is 43.9 Å². The maximum absolute atomic E-state index is 5.72. The zero-order valence-corrected chi connectivity index (χ0v) is 11.7. The summed E-state index contributed by atoms with van der Waals surface area (Å²) in [6, 6.07) is 2.78. The SMILES string of the molecule is NNC(CCC1CC1)c1cc2c(s1)CCSC2. The Kier molecular flexibility index (Phi) is 3.75. The van der Waals surface area contributed by atoms with Crippen LogP contribution >= 0.6 is 23.1 Å². The highest BCUT2D eigenvalue weighted by molar-refractivity contribution is 7.98. The molecular weight excluding hydrogens is 248 g/mol. The molecular formula is C13H20N2S2. The Balaban J connectivity index is 1.68. The Labute approximate surface area is 111 Å². The molecule has 3 rings (SSSR count). The van der Waals surface area contributed by atoms with Crippen molar-refractivity contribution < 1.29 is 0 Å². The number of hydrogen-bond acceptors (Lipinski definition) is 4. The largest absolute Gasteiger partial charge is 0.271 e. The molecule has 2 nitrogen and oxygen atoms in total. The van der Waals surface area contributed by atoms with Gasteiger partial charge in [-0.3, -0.25) is 11.3 Å². The molecule has 4 heteroatoms. The van der Waals surface area contributed by atoms with Crippen LogP contribution in [0.4, 0.5) is 0 Å². The number of hydrazine groups is 1. The summed E-state index contributed by atoms with van der Waals surface area (Å²) in [6.45, 7) is 0. The normalized spacial score (nSPS) is 21.2. The van der Waals surface area contributed by atoms with Crippen molar-refractivity contribution in [3.8, 4) is 0 Å². The molecule has 17 heavy (non-hydrogen) atoms. The van der Waals surface area contributed by atoms with E-state index in [0.717, 1.165) is 5.92 Å². The van der Waals surface area contributed by atoms with Crippen LogP contribution in [0.2, 0.25) is 0 Å². The summed E-state index contributed by atoms with van der Waals surface area (Å²) >= 11 is 4.04. The molecule has 0 bridgehead atoms. The van der Waals surface area contributed by atoms with Crippen molar-refractivity contribution in [1.29, 1.82) is 0 Å². The molecule has 0 saturated heterocycles. The van der Waals surface area contributed by atoms with E-state index in [2.05, 4.69) is 23.3 Å². The van der Waals surface area contributed by atoms with Gasteiger partial charge >= 0.3 is 0 Å². The second-order valence-corrected chi connectivity index (χ2v) is 7.41. The maximum Gasteiger partial charge on any atom is 0.0553 e. The first-order chi connectivity index (χ1) is 8.36. The van der Waals surface area contributed by atoms with Gasteiger partial charge < -0.3 is 0 Å². The molecule has 2 aliphatic rings. The van der Waals surface area contributed by atoms with E-state index in [9.17, 15) is 0 Å². The lowest BCUT2D eigenvalue weighted by molar-refractivity contribution is 0.488. The van der Waals surface area contributed by atoms with E-state index in [1.165, 1.54) is 48.5 Å². The Morgan fingerprint density at radius 2 is 2.35 bits per heavy atom. The number of thiophene rings is 1. The van der Waals surface area contributed by atoms with Gasteiger partial charge in [0.1, 0.15) is 0 Å². The fourth-order valence-corrected chi connectivity index (χ4v) is 4.93. The van der Waals surface area contributed by atoms with Crippen LogP contribution in [0.3, 0.4) is 0 Å². The second kappa shape index (κ2) is 5.31. The fraction of sp³-hybridized carbons (Fsp3) is 0.692. The van der Waals surface area contributed by atoms with Crippen LogP contribution in [-0.2, 0) is 12.2 Å². The minimum atomic E-state index is 0.385. The zero-order chi connectivity index (χ0) is 11.7. The molecule has 1 aromatic heterocycles. The minimum absolute atomic E-state index is 0.385.